The summed E-state index contributed by atoms with van der Waals surface area (Å²) in [4.78, 5) is 0.0497. The van der Waals surface area contributed by atoms with E-state index in [0.29, 0.717) is 5.88 Å². The van der Waals surface area contributed by atoms with Crippen LogP contribution in [0.3, 0.4) is 0 Å². The molecule has 0 aliphatic rings. The summed E-state index contributed by atoms with van der Waals surface area (Å²) in [6.45, 7) is 3.63. The fourth-order valence-corrected chi connectivity index (χ4v) is 3.59. The Bertz CT molecular complexity index is 499. The van der Waals surface area contributed by atoms with Crippen molar-refractivity contribution in [3.63, 3.8) is 0 Å². The maximum absolute atomic E-state index is 12.1. The van der Waals surface area contributed by atoms with Gasteiger partial charge in [0.05, 0.1) is 4.90 Å². The molecule has 1 N–H and O–H groups in total. The van der Waals surface area contributed by atoms with Crippen LogP contribution in [0.5, 0.6) is 0 Å². The van der Waals surface area contributed by atoms with Crippen molar-refractivity contribution in [1.29, 1.82) is 0 Å². The first-order chi connectivity index (χ1) is 8.26. The lowest BCUT2D eigenvalue weighted by atomic mass is 10.1. The molecule has 7 heteroatoms. The van der Waals surface area contributed by atoms with Gasteiger partial charge in [-0.25, -0.2) is 13.1 Å². The highest BCUT2D eigenvalue weighted by molar-refractivity contribution is 7.89. The van der Waals surface area contributed by atoms with E-state index in [0.717, 1.165) is 0 Å². The summed E-state index contributed by atoms with van der Waals surface area (Å²) in [6, 6.07) is 3.92. The van der Waals surface area contributed by atoms with E-state index in [-0.39, 0.29) is 26.9 Å². The van der Waals surface area contributed by atoms with E-state index >= 15 is 0 Å². The summed E-state index contributed by atoms with van der Waals surface area (Å²) in [5.41, 5.74) is 0. The topological polar surface area (TPSA) is 46.2 Å². The minimum Gasteiger partial charge on any atom is -0.208 e. The first kappa shape index (κ1) is 16.1. The lowest BCUT2D eigenvalue weighted by Gasteiger charge is -2.19. The standard InChI is InChI=1S/C11H14Cl3NO2S/c1-7(6-12)8(2)15-18(16,17)11-4-9(13)3-10(14)5-11/h3-5,7-8,15H,6H2,1-2H3. The molecule has 0 amide bonds. The highest BCUT2D eigenvalue weighted by atomic mass is 35.5. The number of alkyl halides is 1. The van der Waals surface area contributed by atoms with E-state index in [2.05, 4.69) is 4.72 Å². The van der Waals surface area contributed by atoms with E-state index in [1.807, 2.05) is 6.92 Å². The second-order valence-electron chi connectivity index (χ2n) is 4.15. The SMILES string of the molecule is CC(CCl)C(C)NS(=O)(=O)c1cc(Cl)cc(Cl)c1. The van der Waals surface area contributed by atoms with Crippen molar-refractivity contribution in [3.05, 3.63) is 28.2 Å². The largest absolute Gasteiger partial charge is 0.240 e. The van der Waals surface area contributed by atoms with Crippen molar-refractivity contribution >= 4 is 44.8 Å². The zero-order valence-electron chi connectivity index (χ0n) is 9.95. The summed E-state index contributed by atoms with van der Waals surface area (Å²) in [7, 11) is -3.64. The molecule has 0 radical (unpaired) electrons. The summed E-state index contributed by atoms with van der Waals surface area (Å²) in [6.07, 6.45) is 0. The molecule has 1 aromatic rings. The fraction of sp³-hybridized carbons (Fsp3) is 0.455. The van der Waals surface area contributed by atoms with Crippen molar-refractivity contribution in [2.75, 3.05) is 5.88 Å². The zero-order valence-corrected chi connectivity index (χ0v) is 13.0. The van der Waals surface area contributed by atoms with Gasteiger partial charge in [-0.1, -0.05) is 30.1 Å². The number of hydrogen-bond acceptors (Lipinski definition) is 2. The molecule has 0 saturated carbocycles. The third-order valence-corrected chi connectivity index (χ3v) is 5.05. The van der Waals surface area contributed by atoms with Crippen LogP contribution in [-0.4, -0.2) is 20.3 Å². The maximum atomic E-state index is 12.1. The zero-order chi connectivity index (χ0) is 13.9. The van der Waals surface area contributed by atoms with Crippen LogP contribution in [0.2, 0.25) is 10.0 Å². The maximum Gasteiger partial charge on any atom is 0.240 e. The molecule has 2 unspecified atom stereocenters. The molecule has 102 valence electrons. The molecule has 0 aromatic heterocycles. The van der Waals surface area contributed by atoms with Gasteiger partial charge in [-0.3, -0.25) is 0 Å². The van der Waals surface area contributed by atoms with E-state index in [1.165, 1.54) is 18.2 Å². The van der Waals surface area contributed by atoms with Gasteiger partial charge in [-0.15, -0.1) is 11.6 Å². The summed E-state index contributed by atoms with van der Waals surface area (Å²) < 4.78 is 26.7. The normalized spacial score (nSPS) is 15.4. The third kappa shape index (κ3) is 4.28. The average Bonchev–Trinajstić information content (AvgIpc) is 2.26. The molecule has 0 bridgehead atoms. The first-order valence-electron chi connectivity index (χ1n) is 5.30. The van der Waals surface area contributed by atoms with Crippen LogP contribution in [0.4, 0.5) is 0 Å². The third-order valence-electron chi connectivity index (χ3n) is 2.58. The first-order valence-corrected chi connectivity index (χ1v) is 8.08. The number of sulfonamides is 1. The number of halogens is 3. The molecule has 0 aliphatic carbocycles. The van der Waals surface area contributed by atoms with Gasteiger partial charge in [0, 0.05) is 22.0 Å². The summed E-state index contributed by atoms with van der Waals surface area (Å²) in [5.74, 6) is 0.399. The Hall–Kier alpha value is -0.000000000000000111. The second-order valence-corrected chi connectivity index (χ2v) is 7.04. The van der Waals surface area contributed by atoms with Crippen molar-refractivity contribution in [3.8, 4) is 0 Å². The molecule has 1 aromatic carbocycles. The predicted octanol–water partition coefficient (Wildman–Crippen LogP) is 3.54. The molecule has 3 nitrogen and oxygen atoms in total. The molecule has 0 spiro atoms. The van der Waals surface area contributed by atoms with Crippen LogP contribution in [0.1, 0.15) is 13.8 Å². The van der Waals surface area contributed by atoms with Crippen LogP contribution in [-0.2, 0) is 10.0 Å². The average molecular weight is 331 g/mol. The Morgan fingerprint density at radius 2 is 1.67 bits per heavy atom. The van der Waals surface area contributed by atoms with Crippen LogP contribution < -0.4 is 4.72 Å². The van der Waals surface area contributed by atoms with Gasteiger partial charge in [0.25, 0.3) is 0 Å². The minimum absolute atomic E-state index is 0.0242. The smallest absolute Gasteiger partial charge is 0.208 e. The van der Waals surface area contributed by atoms with Crippen LogP contribution in [0.15, 0.2) is 23.1 Å². The van der Waals surface area contributed by atoms with Crippen LogP contribution >= 0.6 is 34.8 Å². The van der Waals surface area contributed by atoms with Gasteiger partial charge in [0.15, 0.2) is 0 Å². The Morgan fingerprint density at radius 3 is 2.11 bits per heavy atom. The van der Waals surface area contributed by atoms with Gasteiger partial charge in [0.1, 0.15) is 0 Å². The number of nitrogens with one attached hydrogen (secondary N) is 1. The predicted molar refractivity (Wildman–Crippen MR) is 76.1 cm³/mol. The van der Waals surface area contributed by atoms with Gasteiger partial charge in [0.2, 0.25) is 10.0 Å². The number of benzene rings is 1. The van der Waals surface area contributed by atoms with Gasteiger partial charge < -0.3 is 0 Å². The molecule has 0 heterocycles. The Morgan fingerprint density at radius 1 is 1.17 bits per heavy atom. The van der Waals surface area contributed by atoms with Crippen LogP contribution in [0, 0.1) is 5.92 Å². The van der Waals surface area contributed by atoms with E-state index in [9.17, 15) is 8.42 Å². The van der Waals surface area contributed by atoms with Crippen molar-refractivity contribution in [2.45, 2.75) is 24.8 Å². The monoisotopic (exact) mass is 329 g/mol. The Labute approximate surface area is 122 Å². The molecule has 0 aliphatic heterocycles. The molecule has 18 heavy (non-hydrogen) atoms. The molecular weight excluding hydrogens is 317 g/mol. The van der Waals surface area contributed by atoms with Crippen LogP contribution in [0.25, 0.3) is 0 Å². The van der Waals surface area contributed by atoms with Gasteiger partial charge in [-0.05, 0) is 31.0 Å². The van der Waals surface area contributed by atoms with E-state index < -0.39 is 10.0 Å². The second kappa shape index (κ2) is 6.44. The summed E-state index contributed by atoms with van der Waals surface area (Å²) in [5, 5.41) is 0.557. The fourth-order valence-electron chi connectivity index (χ4n) is 1.25. The summed E-state index contributed by atoms with van der Waals surface area (Å²) >= 11 is 17.3. The van der Waals surface area contributed by atoms with Crippen molar-refractivity contribution in [1.82, 2.24) is 4.72 Å². The Kier molecular flexibility index (Phi) is 5.74. The molecule has 0 fully saturated rings. The van der Waals surface area contributed by atoms with Gasteiger partial charge >= 0.3 is 0 Å². The molecular formula is C11H14Cl3NO2S. The van der Waals surface area contributed by atoms with Crippen molar-refractivity contribution < 1.29 is 8.42 Å². The Balaban J connectivity index is 2.99. The van der Waals surface area contributed by atoms with Crippen molar-refractivity contribution in [2.24, 2.45) is 5.92 Å². The highest BCUT2D eigenvalue weighted by Crippen LogP contribution is 2.22. The minimum atomic E-state index is -3.64. The quantitative estimate of drug-likeness (QED) is 0.839. The number of rotatable bonds is 5. The molecule has 0 saturated heterocycles. The van der Waals surface area contributed by atoms with E-state index in [4.69, 9.17) is 34.8 Å². The molecule has 1 rings (SSSR count). The molecule has 2 atom stereocenters. The van der Waals surface area contributed by atoms with Gasteiger partial charge in [-0.2, -0.15) is 0 Å². The lowest BCUT2D eigenvalue weighted by molar-refractivity contribution is 0.480. The van der Waals surface area contributed by atoms with E-state index in [1.54, 1.807) is 6.92 Å². The number of hydrogen-bond donors (Lipinski definition) is 1. The highest BCUT2D eigenvalue weighted by Gasteiger charge is 2.21. The lowest BCUT2D eigenvalue weighted by Crippen LogP contribution is -2.37.